The molecule has 8 nitrogen and oxygen atoms in total. The molecule has 1 fully saturated rings. The van der Waals surface area contributed by atoms with Gasteiger partial charge >= 0.3 is 12.0 Å². The fourth-order valence-electron chi connectivity index (χ4n) is 2.42. The summed E-state index contributed by atoms with van der Waals surface area (Å²) in [6, 6.07) is 8.01. The van der Waals surface area contributed by atoms with Crippen molar-refractivity contribution in [3.05, 3.63) is 35.9 Å². The van der Waals surface area contributed by atoms with Crippen molar-refractivity contribution in [2.75, 3.05) is 26.8 Å². The highest BCUT2D eigenvalue weighted by atomic mass is 16.5. The van der Waals surface area contributed by atoms with Gasteiger partial charge in [0.2, 0.25) is 5.88 Å². The Balaban J connectivity index is 1.78. The minimum Gasteiger partial charge on any atom is -0.481 e. The zero-order valence-corrected chi connectivity index (χ0v) is 12.9. The number of urea groups is 1. The third kappa shape index (κ3) is 2.98. The Bertz CT molecular complexity index is 820. The monoisotopic (exact) mass is 329 g/mol. The lowest BCUT2D eigenvalue weighted by atomic mass is 10.1. The number of hydrogen-bond donors (Lipinski definition) is 1. The zero-order valence-electron chi connectivity index (χ0n) is 12.9. The fourth-order valence-corrected chi connectivity index (χ4v) is 2.42. The maximum absolute atomic E-state index is 12.4. The largest absolute Gasteiger partial charge is 0.481 e. The fraction of sp³-hybridized carbons (Fsp3) is 0.250. The molecule has 2 heterocycles. The molecule has 0 spiro atoms. The van der Waals surface area contributed by atoms with Gasteiger partial charge in [-0.25, -0.2) is 14.6 Å². The molecule has 2 aromatic rings. The molecule has 0 saturated carbocycles. The van der Waals surface area contributed by atoms with Crippen LogP contribution in [0.1, 0.15) is 10.4 Å². The Morgan fingerprint density at radius 3 is 2.83 bits per heavy atom. The van der Waals surface area contributed by atoms with Gasteiger partial charge in [-0.15, -0.1) is 0 Å². The Labute approximate surface area is 137 Å². The van der Waals surface area contributed by atoms with Crippen LogP contribution >= 0.6 is 0 Å². The van der Waals surface area contributed by atoms with Crippen LogP contribution in [0.15, 0.2) is 30.3 Å². The predicted molar refractivity (Wildman–Crippen MR) is 83.7 cm³/mol. The number of methoxy groups -OCH3 is 1. The number of rotatable bonds is 4. The van der Waals surface area contributed by atoms with Gasteiger partial charge in [-0.05, 0) is 6.07 Å². The Morgan fingerprint density at radius 1 is 1.33 bits per heavy atom. The van der Waals surface area contributed by atoms with E-state index in [1.54, 1.807) is 24.3 Å². The summed E-state index contributed by atoms with van der Waals surface area (Å²) in [5, 5.41) is 3.10. The van der Waals surface area contributed by atoms with Gasteiger partial charge in [0.25, 0.3) is 5.91 Å². The molecule has 1 aliphatic heterocycles. The highest BCUT2D eigenvalue weighted by molar-refractivity contribution is 6.05. The molecule has 0 aliphatic carbocycles. The number of aromatic nitrogens is 1. The third-order valence-electron chi connectivity index (χ3n) is 3.61. The summed E-state index contributed by atoms with van der Waals surface area (Å²) in [5.74, 6) is -0.977. The van der Waals surface area contributed by atoms with Crippen molar-refractivity contribution in [1.82, 2.24) is 15.2 Å². The molecule has 0 atom stereocenters. The van der Waals surface area contributed by atoms with E-state index in [0.717, 1.165) is 4.90 Å². The van der Waals surface area contributed by atoms with E-state index in [4.69, 9.17) is 9.47 Å². The number of amides is 3. The lowest BCUT2D eigenvalue weighted by Crippen LogP contribution is -2.37. The zero-order chi connectivity index (χ0) is 17.1. The molecule has 1 N–H and O–H groups in total. The van der Waals surface area contributed by atoms with Gasteiger partial charge in [-0.2, -0.15) is 0 Å². The van der Waals surface area contributed by atoms with Crippen LogP contribution in [-0.2, 0) is 9.53 Å². The second kappa shape index (κ2) is 6.53. The summed E-state index contributed by atoms with van der Waals surface area (Å²) in [5.41, 5.74) is 0.824. The number of carbonyl (C=O) groups is 3. The van der Waals surface area contributed by atoms with E-state index in [1.165, 1.54) is 13.2 Å². The number of ether oxygens (including phenoxy) is 2. The van der Waals surface area contributed by atoms with Crippen LogP contribution < -0.4 is 10.1 Å². The van der Waals surface area contributed by atoms with Crippen molar-refractivity contribution >= 4 is 28.8 Å². The van der Waals surface area contributed by atoms with Crippen LogP contribution in [0.2, 0.25) is 0 Å². The van der Waals surface area contributed by atoms with Crippen molar-refractivity contribution < 1.29 is 23.9 Å². The molecule has 3 rings (SSSR count). The third-order valence-corrected chi connectivity index (χ3v) is 3.61. The number of esters is 1. The number of carbonyl (C=O) groups excluding carboxylic acids is 3. The average Bonchev–Trinajstić information content (AvgIpc) is 3.04. The first-order chi connectivity index (χ1) is 11.6. The number of nitrogens with one attached hydrogen (secondary N) is 1. The molecular formula is C16H15N3O5. The van der Waals surface area contributed by atoms with Crippen molar-refractivity contribution in [3.63, 3.8) is 0 Å². The first kappa shape index (κ1) is 15.7. The van der Waals surface area contributed by atoms with Crippen LogP contribution in [0, 0.1) is 0 Å². The van der Waals surface area contributed by atoms with Crippen LogP contribution in [-0.4, -0.2) is 54.6 Å². The summed E-state index contributed by atoms with van der Waals surface area (Å²) in [4.78, 5) is 41.0. The molecule has 0 radical (unpaired) electrons. The highest BCUT2D eigenvalue weighted by Crippen LogP contribution is 2.22. The molecule has 1 saturated heterocycles. The standard InChI is InChI=1S/C16H15N3O5/c1-23-13-8-11(10-4-2-3-5-12(10)18-13)15(21)24-9-14(20)19-7-6-17-16(19)22/h2-5,8H,6-7,9H2,1H3,(H,17,22). The number of benzene rings is 1. The highest BCUT2D eigenvalue weighted by Gasteiger charge is 2.27. The van der Waals surface area contributed by atoms with Crippen LogP contribution in [0.4, 0.5) is 4.79 Å². The molecule has 1 aromatic carbocycles. The molecule has 1 aliphatic rings. The summed E-state index contributed by atoms with van der Waals surface area (Å²) < 4.78 is 10.2. The van der Waals surface area contributed by atoms with Gasteiger partial charge in [0, 0.05) is 24.5 Å². The lowest BCUT2D eigenvalue weighted by molar-refractivity contribution is -0.130. The van der Waals surface area contributed by atoms with Crippen molar-refractivity contribution in [1.29, 1.82) is 0 Å². The number of fused-ring (bicyclic) bond motifs is 1. The molecule has 24 heavy (non-hydrogen) atoms. The molecule has 8 heteroatoms. The maximum atomic E-state index is 12.4. The van der Waals surface area contributed by atoms with E-state index in [9.17, 15) is 14.4 Å². The number of nitrogens with zero attached hydrogens (tertiary/aromatic N) is 2. The minimum atomic E-state index is -0.681. The first-order valence-electron chi connectivity index (χ1n) is 7.29. The van der Waals surface area contributed by atoms with Crippen LogP contribution in [0.3, 0.4) is 0 Å². The summed E-state index contributed by atoms with van der Waals surface area (Å²) in [6.45, 7) is 0.150. The molecule has 3 amide bonds. The number of para-hydroxylation sites is 1. The van der Waals surface area contributed by atoms with E-state index in [2.05, 4.69) is 10.3 Å². The molecule has 124 valence electrons. The number of hydrogen-bond acceptors (Lipinski definition) is 6. The molecule has 0 bridgehead atoms. The average molecular weight is 329 g/mol. The predicted octanol–water partition coefficient (Wildman–Crippen LogP) is 0.952. The van der Waals surface area contributed by atoms with Crippen LogP contribution in [0.5, 0.6) is 5.88 Å². The van der Waals surface area contributed by atoms with Gasteiger partial charge in [-0.3, -0.25) is 9.69 Å². The van der Waals surface area contributed by atoms with Crippen molar-refractivity contribution in [3.8, 4) is 5.88 Å². The van der Waals surface area contributed by atoms with Gasteiger partial charge in [-0.1, -0.05) is 18.2 Å². The second-order valence-corrected chi connectivity index (χ2v) is 5.08. The Kier molecular flexibility index (Phi) is 4.28. The van der Waals surface area contributed by atoms with Crippen molar-refractivity contribution in [2.45, 2.75) is 0 Å². The number of pyridine rings is 1. The van der Waals surface area contributed by atoms with E-state index in [1.807, 2.05) is 0 Å². The van der Waals surface area contributed by atoms with E-state index >= 15 is 0 Å². The Hall–Kier alpha value is -3.16. The SMILES string of the molecule is COc1cc(C(=O)OCC(=O)N2CCNC2=O)c2ccccc2n1. The van der Waals surface area contributed by atoms with Gasteiger partial charge in [0.1, 0.15) is 0 Å². The summed E-state index contributed by atoms with van der Waals surface area (Å²) >= 11 is 0. The molecular weight excluding hydrogens is 314 g/mol. The quantitative estimate of drug-likeness (QED) is 0.839. The Morgan fingerprint density at radius 2 is 2.12 bits per heavy atom. The summed E-state index contributed by atoms with van der Waals surface area (Å²) in [7, 11) is 1.45. The minimum absolute atomic E-state index is 0.246. The topological polar surface area (TPSA) is 97.8 Å². The normalized spacial score (nSPS) is 13.7. The smallest absolute Gasteiger partial charge is 0.339 e. The van der Waals surface area contributed by atoms with E-state index in [-0.39, 0.29) is 18.0 Å². The van der Waals surface area contributed by atoms with Crippen molar-refractivity contribution in [2.24, 2.45) is 0 Å². The first-order valence-corrected chi connectivity index (χ1v) is 7.29. The van der Waals surface area contributed by atoms with Gasteiger partial charge in [0.05, 0.1) is 18.2 Å². The van der Waals surface area contributed by atoms with Gasteiger partial charge in [0.15, 0.2) is 6.61 Å². The van der Waals surface area contributed by atoms with Gasteiger partial charge < -0.3 is 14.8 Å². The summed E-state index contributed by atoms with van der Waals surface area (Å²) in [6.07, 6.45) is 0. The lowest BCUT2D eigenvalue weighted by Gasteiger charge is -2.13. The van der Waals surface area contributed by atoms with E-state index in [0.29, 0.717) is 17.4 Å². The number of imide groups is 1. The van der Waals surface area contributed by atoms with Crippen LogP contribution in [0.25, 0.3) is 10.9 Å². The maximum Gasteiger partial charge on any atom is 0.339 e. The molecule has 1 aromatic heterocycles. The molecule has 0 unspecified atom stereocenters. The second-order valence-electron chi connectivity index (χ2n) is 5.08. The van der Waals surface area contributed by atoms with E-state index < -0.39 is 24.5 Å².